The summed E-state index contributed by atoms with van der Waals surface area (Å²) in [6, 6.07) is 0. The zero-order valence-corrected chi connectivity index (χ0v) is 7.68. The van der Waals surface area contributed by atoms with E-state index in [0.717, 1.165) is 5.69 Å². The van der Waals surface area contributed by atoms with Crippen molar-refractivity contribution in [3.63, 3.8) is 0 Å². The second-order valence-electron chi connectivity index (χ2n) is 2.85. The number of hydrogen-bond acceptors (Lipinski definition) is 5. The predicted octanol–water partition coefficient (Wildman–Crippen LogP) is 0.536. The SMILES string of the molecule is Cn1cc(Nc2ncncc2N)cn1. The van der Waals surface area contributed by atoms with Crippen molar-refractivity contribution in [1.29, 1.82) is 0 Å². The van der Waals surface area contributed by atoms with E-state index >= 15 is 0 Å². The first-order chi connectivity index (χ1) is 6.75. The van der Waals surface area contributed by atoms with Gasteiger partial charge in [-0.1, -0.05) is 0 Å². The number of aryl methyl sites for hydroxylation is 1. The van der Waals surface area contributed by atoms with Crippen molar-refractivity contribution >= 4 is 17.2 Å². The Morgan fingerprint density at radius 2 is 2.29 bits per heavy atom. The number of anilines is 3. The van der Waals surface area contributed by atoms with Crippen LogP contribution in [0.4, 0.5) is 17.2 Å². The Bertz CT molecular complexity index is 435. The van der Waals surface area contributed by atoms with Gasteiger partial charge in [0.1, 0.15) is 6.33 Å². The van der Waals surface area contributed by atoms with Crippen LogP contribution in [0.3, 0.4) is 0 Å². The second-order valence-corrected chi connectivity index (χ2v) is 2.85. The van der Waals surface area contributed by atoms with Crippen LogP contribution in [0.1, 0.15) is 0 Å². The third-order valence-corrected chi connectivity index (χ3v) is 1.71. The topological polar surface area (TPSA) is 81.7 Å². The largest absolute Gasteiger partial charge is 0.394 e. The lowest BCUT2D eigenvalue weighted by molar-refractivity contribution is 0.768. The van der Waals surface area contributed by atoms with Crippen molar-refractivity contribution in [3.05, 3.63) is 24.9 Å². The fourth-order valence-electron chi connectivity index (χ4n) is 1.07. The van der Waals surface area contributed by atoms with Gasteiger partial charge in [-0.2, -0.15) is 5.10 Å². The van der Waals surface area contributed by atoms with Gasteiger partial charge in [-0.25, -0.2) is 9.97 Å². The van der Waals surface area contributed by atoms with E-state index in [0.29, 0.717) is 11.5 Å². The molecule has 0 saturated carbocycles. The van der Waals surface area contributed by atoms with E-state index < -0.39 is 0 Å². The number of nitrogens with two attached hydrogens (primary N) is 1. The third kappa shape index (κ3) is 1.63. The van der Waals surface area contributed by atoms with Gasteiger partial charge in [0.2, 0.25) is 0 Å². The molecule has 72 valence electrons. The summed E-state index contributed by atoms with van der Waals surface area (Å²) in [6.07, 6.45) is 6.52. The Balaban J connectivity index is 2.23. The van der Waals surface area contributed by atoms with Gasteiger partial charge >= 0.3 is 0 Å². The molecular weight excluding hydrogens is 180 g/mol. The number of aromatic nitrogens is 4. The van der Waals surface area contributed by atoms with Crippen LogP contribution in [0.15, 0.2) is 24.9 Å². The van der Waals surface area contributed by atoms with Gasteiger partial charge in [0.05, 0.1) is 23.8 Å². The number of nitrogen functional groups attached to an aromatic ring is 1. The predicted molar refractivity (Wildman–Crippen MR) is 52.9 cm³/mol. The van der Waals surface area contributed by atoms with Crippen molar-refractivity contribution in [3.8, 4) is 0 Å². The number of nitrogens with one attached hydrogen (secondary N) is 1. The van der Waals surface area contributed by atoms with Crippen molar-refractivity contribution in [2.24, 2.45) is 7.05 Å². The maximum Gasteiger partial charge on any atom is 0.157 e. The maximum atomic E-state index is 5.66. The van der Waals surface area contributed by atoms with E-state index in [4.69, 9.17) is 5.73 Å². The van der Waals surface area contributed by atoms with Gasteiger partial charge in [-0.3, -0.25) is 4.68 Å². The Kier molecular flexibility index (Phi) is 2.02. The molecule has 2 heterocycles. The van der Waals surface area contributed by atoms with Crippen molar-refractivity contribution < 1.29 is 0 Å². The molecule has 3 N–H and O–H groups in total. The van der Waals surface area contributed by atoms with Crippen LogP contribution in [0.5, 0.6) is 0 Å². The standard InChI is InChI=1S/C8H10N6/c1-14-4-6(2-12-14)13-8-7(9)3-10-5-11-8/h2-5H,9H2,1H3,(H,10,11,13). The van der Waals surface area contributed by atoms with E-state index in [1.165, 1.54) is 6.33 Å². The second kappa shape index (κ2) is 3.33. The minimum absolute atomic E-state index is 0.511. The van der Waals surface area contributed by atoms with Gasteiger partial charge in [-0.15, -0.1) is 0 Å². The van der Waals surface area contributed by atoms with Gasteiger partial charge in [-0.05, 0) is 0 Å². The molecule has 0 radical (unpaired) electrons. The number of rotatable bonds is 2. The summed E-state index contributed by atoms with van der Waals surface area (Å²) in [6.45, 7) is 0. The van der Waals surface area contributed by atoms with Crippen molar-refractivity contribution in [2.45, 2.75) is 0 Å². The average molecular weight is 190 g/mol. The summed E-state index contributed by atoms with van der Waals surface area (Å²) in [5, 5.41) is 7.05. The highest BCUT2D eigenvalue weighted by Gasteiger charge is 2.01. The summed E-state index contributed by atoms with van der Waals surface area (Å²) in [4.78, 5) is 7.79. The molecule has 0 aliphatic carbocycles. The van der Waals surface area contributed by atoms with Crippen LogP contribution < -0.4 is 11.1 Å². The molecule has 0 aliphatic heterocycles. The normalized spacial score (nSPS) is 10.1. The monoisotopic (exact) mass is 190 g/mol. The summed E-state index contributed by atoms with van der Waals surface area (Å²) in [5.74, 6) is 0.591. The van der Waals surface area contributed by atoms with Gasteiger partial charge in [0.15, 0.2) is 5.82 Å². The van der Waals surface area contributed by atoms with Crippen molar-refractivity contribution in [2.75, 3.05) is 11.1 Å². The molecule has 2 rings (SSSR count). The Hall–Kier alpha value is -2.11. The Morgan fingerprint density at radius 1 is 1.43 bits per heavy atom. The minimum Gasteiger partial charge on any atom is -0.394 e. The highest BCUT2D eigenvalue weighted by atomic mass is 15.3. The molecular formula is C8H10N6. The van der Waals surface area contributed by atoms with Crippen molar-refractivity contribution in [1.82, 2.24) is 19.7 Å². The lowest BCUT2D eigenvalue weighted by atomic mass is 10.4. The van der Waals surface area contributed by atoms with E-state index in [1.54, 1.807) is 17.1 Å². The first-order valence-corrected chi connectivity index (χ1v) is 4.07. The molecule has 0 aliphatic rings. The lowest BCUT2D eigenvalue weighted by Gasteiger charge is -2.03. The Morgan fingerprint density at radius 3 is 2.93 bits per heavy atom. The lowest BCUT2D eigenvalue weighted by Crippen LogP contribution is -1.98. The maximum absolute atomic E-state index is 5.66. The molecule has 0 aromatic carbocycles. The van der Waals surface area contributed by atoms with Crippen LogP contribution in [-0.2, 0) is 7.05 Å². The number of nitrogens with zero attached hydrogens (tertiary/aromatic N) is 4. The van der Waals surface area contributed by atoms with Gasteiger partial charge in [0, 0.05) is 13.2 Å². The van der Waals surface area contributed by atoms with Gasteiger partial charge < -0.3 is 11.1 Å². The molecule has 0 unspecified atom stereocenters. The average Bonchev–Trinajstić information content (AvgIpc) is 2.56. The summed E-state index contributed by atoms with van der Waals surface area (Å²) < 4.78 is 1.69. The molecule has 2 aromatic heterocycles. The first kappa shape index (κ1) is 8.49. The van der Waals surface area contributed by atoms with Crippen LogP contribution in [0, 0.1) is 0 Å². The molecule has 2 aromatic rings. The van der Waals surface area contributed by atoms with E-state index in [-0.39, 0.29) is 0 Å². The number of hydrogen-bond donors (Lipinski definition) is 2. The van der Waals surface area contributed by atoms with E-state index in [9.17, 15) is 0 Å². The molecule has 6 nitrogen and oxygen atoms in total. The zero-order chi connectivity index (χ0) is 9.97. The molecule has 0 fully saturated rings. The first-order valence-electron chi connectivity index (χ1n) is 4.07. The molecule has 0 atom stereocenters. The van der Waals surface area contributed by atoms with Crippen LogP contribution >= 0.6 is 0 Å². The molecule has 6 heteroatoms. The fraction of sp³-hybridized carbons (Fsp3) is 0.125. The highest BCUT2D eigenvalue weighted by molar-refractivity contribution is 5.66. The smallest absolute Gasteiger partial charge is 0.157 e. The van der Waals surface area contributed by atoms with Crippen LogP contribution in [0.2, 0.25) is 0 Å². The van der Waals surface area contributed by atoms with E-state index in [1.807, 2.05) is 13.2 Å². The summed E-state index contributed by atoms with van der Waals surface area (Å²) in [5.41, 5.74) is 7.02. The highest BCUT2D eigenvalue weighted by Crippen LogP contribution is 2.17. The molecule has 0 amide bonds. The molecule has 0 bridgehead atoms. The Labute approximate surface area is 80.8 Å². The van der Waals surface area contributed by atoms with Crippen LogP contribution in [-0.4, -0.2) is 19.7 Å². The van der Waals surface area contributed by atoms with Crippen LogP contribution in [0.25, 0.3) is 0 Å². The molecule has 0 saturated heterocycles. The summed E-state index contributed by atoms with van der Waals surface area (Å²) >= 11 is 0. The molecule has 0 spiro atoms. The fourth-order valence-corrected chi connectivity index (χ4v) is 1.07. The van der Waals surface area contributed by atoms with Gasteiger partial charge in [0.25, 0.3) is 0 Å². The van der Waals surface area contributed by atoms with E-state index in [2.05, 4.69) is 20.4 Å². The summed E-state index contributed by atoms with van der Waals surface area (Å²) in [7, 11) is 1.84. The zero-order valence-electron chi connectivity index (χ0n) is 7.68. The quantitative estimate of drug-likeness (QED) is 0.722. The molecule has 14 heavy (non-hydrogen) atoms. The minimum atomic E-state index is 0.511. The third-order valence-electron chi connectivity index (χ3n) is 1.71.